The summed E-state index contributed by atoms with van der Waals surface area (Å²) in [6.45, 7) is 0. The largest absolute Gasteiger partial charge is 0.228 e. The standard InChI is InChI=1S/C44H28N2S/c1-3-10-29(11-4-1)30-18-20-31(21-19-30)40-28-41(46-44(45-40)32-12-5-2-6-13-32)37-17-9-16-33(24-37)36-22-23-42-38(26-36)39-25-34-14-7-8-15-35(34)27-43(39)47-42/h1-28H. The summed E-state index contributed by atoms with van der Waals surface area (Å²) in [4.78, 5) is 10.2. The molecule has 0 saturated heterocycles. The van der Waals surface area contributed by atoms with Gasteiger partial charge in [0, 0.05) is 36.9 Å². The Hall–Kier alpha value is -5.90. The van der Waals surface area contributed by atoms with Crippen LogP contribution in [0.25, 0.3) is 87.1 Å². The van der Waals surface area contributed by atoms with Gasteiger partial charge in [-0.15, -0.1) is 11.3 Å². The van der Waals surface area contributed by atoms with Crippen molar-refractivity contribution in [3.05, 3.63) is 170 Å². The number of rotatable bonds is 5. The molecule has 3 heteroatoms. The Balaban J connectivity index is 1.14. The maximum absolute atomic E-state index is 5.10. The van der Waals surface area contributed by atoms with Crippen LogP contribution in [0.5, 0.6) is 0 Å². The van der Waals surface area contributed by atoms with E-state index in [0.717, 1.165) is 33.6 Å². The molecule has 0 aliphatic carbocycles. The van der Waals surface area contributed by atoms with Crippen LogP contribution >= 0.6 is 11.3 Å². The van der Waals surface area contributed by atoms with Gasteiger partial charge in [0.25, 0.3) is 0 Å². The summed E-state index contributed by atoms with van der Waals surface area (Å²) < 4.78 is 2.63. The van der Waals surface area contributed by atoms with Gasteiger partial charge in [-0.1, -0.05) is 133 Å². The summed E-state index contributed by atoms with van der Waals surface area (Å²) in [5, 5.41) is 5.17. The summed E-state index contributed by atoms with van der Waals surface area (Å²) in [6, 6.07) is 60.3. The van der Waals surface area contributed by atoms with Crippen LogP contribution in [0.3, 0.4) is 0 Å². The van der Waals surface area contributed by atoms with Crippen LogP contribution in [0.1, 0.15) is 0 Å². The minimum Gasteiger partial charge on any atom is -0.228 e. The summed E-state index contributed by atoms with van der Waals surface area (Å²) >= 11 is 1.86. The van der Waals surface area contributed by atoms with Gasteiger partial charge in [-0.05, 0) is 69.4 Å². The molecule has 0 aliphatic heterocycles. The average molecular weight is 617 g/mol. The van der Waals surface area contributed by atoms with E-state index < -0.39 is 0 Å². The zero-order chi connectivity index (χ0) is 31.2. The molecule has 0 bridgehead atoms. The van der Waals surface area contributed by atoms with E-state index in [1.807, 2.05) is 35.6 Å². The first-order valence-corrected chi connectivity index (χ1v) is 16.6. The zero-order valence-electron chi connectivity index (χ0n) is 25.5. The van der Waals surface area contributed by atoms with Gasteiger partial charge in [0.05, 0.1) is 11.4 Å². The van der Waals surface area contributed by atoms with Gasteiger partial charge in [-0.2, -0.15) is 0 Å². The van der Waals surface area contributed by atoms with E-state index in [9.17, 15) is 0 Å². The van der Waals surface area contributed by atoms with Gasteiger partial charge in [-0.25, -0.2) is 9.97 Å². The number of benzene rings is 7. The molecule has 9 rings (SSSR count). The molecule has 0 radical (unpaired) electrons. The zero-order valence-corrected chi connectivity index (χ0v) is 26.3. The predicted octanol–water partition coefficient (Wildman–Crippen LogP) is 12.3. The van der Waals surface area contributed by atoms with Crippen molar-refractivity contribution in [3.8, 4) is 56.2 Å². The second-order valence-electron chi connectivity index (χ2n) is 11.9. The van der Waals surface area contributed by atoms with Crippen molar-refractivity contribution < 1.29 is 0 Å². The van der Waals surface area contributed by atoms with E-state index in [0.29, 0.717) is 5.82 Å². The number of fused-ring (bicyclic) bond motifs is 4. The number of hydrogen-bond acceptors (Lipinski definition) is 3. The Labute approximate surface area is 277 Å². The highest BCUT2D eigenvalue weighted by molar-refractivity contribution is 7.25. The number of hydrogen-bond donors (Lipinski definition) is 0. The molecule has 0 saturated carbocycles. The molecule has 0 N–H and O–H groups in total. The summed E-state index contributed by atoms with van der Waals surface area (Å²) in [5.74, 6) is 0.717. The van der Waals surface area contributed by atoms with Gasteiger partial charge in [0.15, 0.2) is 5.82 Å². The minimum atomic E-state index is 0.717. The lowest BCUT2D eigenvalue weighted by atomic mass is 9.98. The molecule has 0 fully saturated rings. The maximum Gasteiger partial charge on any atom is 0.160 e. The number of nitrogens with zero attached hydrogens (tertiary/aromatic N) is 2. The molecule has 47 heavy (non-hydrogen) atoms. The van der Waals surface area contributed by atoms with E-state index in [4.69, 9.17) is 9.97 Å². The van der Waals surface area contributed by atoms with E-state index in [2.05, 4.69) is 146 Å². The normalized spacial score (nSPS) is 11.4. The van der Waals surface area contributed by atoms with Crippen molar-refractivity contribution in [1.29, 1.82) is 0 Å². The van der Waals surface area contributed by atoms with Gasteiger partial charge >= 0.3 is 0 Å². The van der Waals surface area contributed by atoms with Crippen LogP contribution in [0.4, 0.5) is 0 Å². The quantitative estimate of drug-likeness (QED) is 0.192. The lowest BCUT2D eigenvalue weighted by Gasteiger charge is -2.11. The number of thiophene rings is 1. The molecular weight excluding hydrogens is 589 g/mol. The van der Waals surface area contributed by atoms with Crippen molar-refractivity contribution in [3.63, 3.8) is 0 Å². The molecule has 0 atom stereocenters. The van der Waals surface area contributed by atoms with Crippen molar-refractivity contribution in [2.75, 3.05) is 0 Å². The first-order chi connectivity index (χ1) is 23.2. The topological polar surface area (TPSA) is 25.8 Å². The number of aromatic nitrogens is 2. The predicted molar refractivity (Wildman–Crippen MR) is 200 cm³/mol. The highest BCUT2D eigenvalue weighted by Crippen LogP contribution is 2.39. The van der Waals surface area contributed by atoms with Crippen LogP contribution in [0.15, 0.2) is 170 Å². The minimum absolute atomic E-state index is 0.717. The van der Waals surface area contributed by atoms with E-state index in [1.165, 1.54) is 47.6 Å². The molecule has 2 aromatic heterocycles. The van der Waals surface area contributed by atoms with Gasteiger partial charge in [-0.3, -0.25) is 0 Å². The molecule has 2 heterocycles. The lowest BCUT2D eigenvalue weighted by molar-refractivity contribution is 1.18. The summed E-state index contributed by atoms with van der Waals surface area (Å²) in [6.07, 6.45) is 0. The second-order valence-corrected chi connectivity index (χ2v) is 12.9. The Morgan fingerprint density at radius 1 is 0.319 bits per heavy atom. The molecule has 7 aromatic carbocycles. The first-order valence-electron chi connectivity index (χ1n) is 15.8. The van der Waals surface area contributed by atoms with Crippen molar-refractivity contribution in [2.45, 2.75) is 0 Å². The maximum atomic E-state index is 5.10. The molecular formula is C44H28N2S. The summed E-state index contributed by atoms with van der Waals surface area (Å²) in [5.41, 5.74) is 9.66. The molecule has 2 nitrogen and oxygen atoms in total. The van der Waals surface area contributed by atoms with E-state index in [1.54, 1.807) is 0 Å². The monoisotopic (exact) mass is 616 g/mol. The second kappa shape index (κ2) is 11.5. The summed E-state index contributed by atoms with van der Waals surface area (Å²) in [7, 11) is 0. The van der Waals surface area contributed by atoms with E-state index in [-0.39, 0.29) is 0 Å². The van der Waals surface area contributed by atoms with E-state index >= 15 is 0 Å². The molecule has 220 valence electrons. The molecule has 0 spiro atoms. The van der Waals surface area contributed by atoms with Crippen LogP contribution in [-0.4, -0.2) is 9.97 Å². The van der Waals surface area contributed by atoms with Crippen LogP contribution < -0.4 is 0 Å². The smallest absolute Gasteiger partial charge is 0.160 e. The van der Waals surface area contributed by atoms with Crippen LogP contribution in [0, 0.1) is 0 Å². The highest BCUT2D eigenvalue weighted by atomic mass is 32.1. The van der Waals surface area contributed by atoms with Crippen LogP contribution in [0.2, 0.25) is 0 Å². The molecule has 0 amide bonds. The molecule has 0 unspecified atom stereocenters. The first kappa shape index (κ1) is 27.4. The Bertz CT molecular complexity index is 2550. The third-order valence-electron chi connectivity index (χ3n) is 8.88. The fraction of sp³-hybridized carbons (Fsp3) is 0. The SMILES string of the molecule is c1ccc(-c2ccc(-c3cc(-c4cccc(-c5ccc6sc7cc8ccccc8cc7c6c5)c4)nc(-c4ccccc4)n3)cc2)cc1. The highest BCUT2D eigenvalue weighted by Gasteiger charge is 2.13. The lowest BCUT2D eigenvalue weighted by Crippen LogP contribution is -1.96. The van der Waals surface area contributed by atoms with Gasteiger partial charge < -0.3 is 0 Å². The van der Waals surface area contributed by atoms with Crippen LogP contribution in [-0.2, 0) is 0 Å². The van der Waals surface area contributed by atoms with Gasteiger partial charge in [0.2, 0.25) is 0 Å². The fourth-order valence-electron chi connectivity index (χ4n) is 6.42. The fourth-order valence-corrected chi connectivity index (χ4v) is 7.54. The Morgan fingerprint density at radius 2 is 0.851 bits per heavy atom. The molecule has 9 aromatic rings. The Kier molecular flexibility index (Phi) is 6.69. The van der Waals surface area contributed by atoms with Crippen molar-refractivity contribution >= 4 is 42.3 Å². The third kappa shape index (κ3) is 5.17. The third-order valence-corrected chi connectivity index (χ3v) is 10.0. The van der Waals surface area contributed by atoms with Gasteiger partial charge in [0.1, 0.15) is 0 Å². The average Bonchev–Trinajstić information content (AvgIpc) is 3.51. The van der Waals surface area contributed by atoms with Crippen molar-refractivity contribution in [1.82, 2.24) is 9.97 Å². The van der Waals surface area contributed by atoms with Crippen molar-refractivity contribution in [2.24, 2.45) is 0 Å². The Morgan fingerprint density at radius 3 is 1.62 bits per heavy atom. The molecule has 0 aliphatic rings.